The van der Waals surface area contributed by atoms with E-state index in [4.69, 9.17) is 9.98 Å². The van der Waals surface area contributed by atoms with Gasteiger partial charge in [0.25, 0.3) is 0 Å². The summed E-state index contributed by atoms with van der Waals surface area (Å²) in [5.41, 5.74) is 8.85. The molecule has 0 aromatic carbocycles. The van der Waals surface area contributed by atoms with Crippen molar-refractivity contribution in [3.63, 3.8) is 0 Å². The molecule has 0 saturated heterocycles. The molecule has 0 fully saturated rings. The van der Waals surface area contributed by atoms with E-state index in [1.807, 2.05) is 0 Å². The molecule has 4 atom stereocenters. The minimum absolute atomic E-state index is 0. The van der Waals surface area contributed by atoms with Gasteiger partial charge in [-0.25, -0.2) is 4.99 Å². The Bertz CT molecular complexity index is 1480. The van der Waals surface area contributed by atoms with E-state index in [1.54, 1.807) is 16.7 Å². The first-order valence-corrected chi connectivity index (χ1v) is 16.1. The first kappa shape index (κ1) is 31.7. The third-order valence-corrected chi connectivity index (χ3v) is 10.5. The summed E-state index contributed by atoms with van der Waals surface area (Å²) in [6, 6.07) is 4.34. The van der Waals surface area contributed by atoms with Gasteiger partial charge in [0.2, 0.25) is 0 Å². The molecule has 0 radical (unpaired) electrons. The van der Waals surface area contributed by atoms with Crippen molar-refractivity contribution < 1.29 is 17.1 Å². The van der Waals surface area contributed by atoms with E-state index >= 15 is 0 Å². The van der Waals surface area contributed by atoms with Gasteiger partial charge in [-0.05, 0) is 116 Å². The molecule has 0 spiro atoms. The Kier molecular flexibility index (Phi) is 9.43. The number of rotatable bonds is 8. The van der Waals surface area contributed by atoms with Gasteiger partial charge in [-0.3, -0.25) is 10.3 Å². The number of allylic oxidation sites excluding steroid dienone is 3. The number of H-pyrrole nitrogens is 1. The quantitative estimate of drug-likeness (QED) is 0.242. The monoisotopic (exact) mass is 594 g/mol. The summed E-state index contributed by atoms with van der Waals surface area (Å²) in [7, 11) is 0. The third-order valence-electron chi connectivity index (χ3n) is 10.5. The molecule has 0 saturated carbocycles. The average Bonchev–Trinajstić information content (AvgIpc) is 3.72. The van der Waals surface area contributed by atoms with Crippen molar-refractivity contribution in [2.45, 2.75) is 123 Å². The van der Waals surface area contributed by atoms with E-state index < -0.39 is 0 Å². The number of fused-ring (bicyclic) bond motifs is 6. The van der Waals surface area contributed by atoms with E-state index in [2.05, 4.69) is 108 Å². The Morgan fingerprint density at radius 2 is 1.44 bits per heavy atom. The normalized spacial score (nSPS) is 30.5. The van der Waals surface area contributed by atoms with Crippen molar-refractivity contribution >= 4 is 23.6 Å². The predicted octanol–water partition coefficient (Wildman–Crippen LogP) is 7.25. The van der Waals surface area contributed by atoms with Crippen molar-refractivity contribution in [2.75, 3.05) is 0 Å². The van der Waals surface area contributed by atoms with Crippen LogP contribution in [0.25, 0.3) is 12.2 Å². The number of hydrogen-bond acceptors (Lipinski definition) is 3. The van der Waals surface area contributed by atoms with Crippen molar-refractivity contribution in [2.24, 2.45) is 15.9 Å². The summed E-state index contributed by atoms with van der Waals surface area (Å²) in [5, 5.41) is 6.61. The van der Waals surface area contributed by atoms with Crippen LogP contribution in [0.3, 0.4) is 0 Å². The Labute approximate surface area is 258 Å². The van der Waals surface area contributed by atoms with E-state index in [-0.39, 0.29) is 33.7 Å². The summed E-state index contributed by atoms with van der Waals surface area (Å²) in [4.78, 5) is 14.5. The van der Waals surface area contributed by atoms with Gasteiger partial charge in [0.05, 0.1) is 28.2 Å². The van der Waals surface area contributed by atoms with Gasteiger partial charge in [0, 0.05) is 39.2 Å². The molecule has 0 aliphatic carbocycles. The number of nitrogens with zero attached hydrogens (tertiary/aromatic N) is 2. The van der Waals surface area contributed by atoms with Crippen LogP contribution in [-0.2, 0) is 17.1 Å². The van der Waals surface area contributed by atoms with Gasteiger partial charge in [-0.2, -0.15) is 0 Å². The Balaban J connectivity index is 0.00000387. The van der Waals surface area contributed by atoms with Crippen LogP contribution >= 0.6 is 0 Å². The van der Waals surface area contributed by atoms with Crippen LogP contribution < -0.4 is 16.0 Å². The van der Waals surface area contributed by atoms with Gasteiger partial charge in [0.1, 0.15) is 0 Å². The molecule has 1 aromatic rings. The zero-order valence-electron chi connectivity index (χ0n) is 26.5. The summed E-state index contributed by atoms with van der Waals surface area (Å²) >= 11 is 0. The zero-order valence-corrected chi connectivity index (χ0v) is 27.6. The summed E-state index contributed by atoms with van der Waals surface area (Å²) in [6.07, 6.45) is 19.5. The molecule has 1 aromatic heterocycles. The van der Waals surface area contributed by atoms with Crippen LogP contribution in [0.4, 0.5) is 0 Å². The van der Waals surface area contributed by atoms with Crippen LogP contribution in [0.1, 0.15) is 107 Å². The zero-order chi connectivity index (χ0) is 28.7. The summed E-state index contributed by atoms with van der Waals surface area (Å²) < 4.78 is 0. The maximum atomic E-state index is 5.82. The molecule has 0 amide bonds. The second kappa shape index (κ2) is 12.2. The number of aromatic nitrogens is 1. The second-order valence-corrected chi connectivity index (χ2v) is 11.9. The van der Waals surface area contributed by atoms with Crippen molar-refractivity contribution in [3.05, 3.63) is 69.0 Å². The van der Waals surface area contributed by atoms with E-state index in [0.29, 0.717) is 5.92 Å². The molecule has 5 heterocycles. The number of hydrogen-bond donors (Lipinski definition) is 2. The molecule has 5 rings (SSSR count). The van der Waals surface area contributed by atoms with Crippen LogP contribution in [-0.4, -0.2) is 33.0 Å². The molecular formula is C36H50FeN4. The summed E-state index contributed by atoms with van der Waals surface area (Å²) in [5.74, 6) is 0.347. The van der Waals surface area contributed by atoms with Gasteiger partial charge < -0.3 is 4.98 Å². The molecule has 4 aliphatic rings. The molecule has 8 bridgehead atoms. The molecular weight excluding hydrogens is 544 g/mol. The number of nitrogens with one attached hydrogen (secondary N) is 2. The van der Waals surface area contributed by atoms with Gasteiger partial charge in [-0.15, -0.1) is 0 Å². The first-order chi connectivity index (χ1) is 19.3. The number of aromatic amines is 1. The number of aliphatic imine (C=N–C) groups is 2. The van der Waals surface area contributed by atoms with Crippen LogP contribution in [0.2, 0.25) is 0 Å². The molecule has 4 aliphatic heterocycles. The fraction of sp³-hybridized carbons (Fsp3) is 0.556. The largest absolute Gasteiger partial charge is 0.355 e. The van der Waals surface area contributed by atoms with Gasteiger partial charge >= 0.3 is 0 Å². The predicted molar refractivity (Wildman–Crippen MR) is 172 cm³/mol. The maximum Gasteiger partial charge on any atom is 0.0876 e. The van der Waals surface area contributed by atoms with Crippen LogP contribution in [0.15, 0.2) is 68.3 Å². The summed E-state index contributed by atoms with van der Waals surface area (Å²) in [6.45, 7) is 18.9. The van der Waals surface area contributed by atoms with Crippen LogP contribution in [0, 0.1) is 5.92 Å². The topological polar surface area (TPSA) is 52.5 Å². The molecule has 4 unspecified atom stereocenters. The fourth-order valence-electron chi connectivity index (χ4n) is 8.95. The van der Waals surface area contributed by atoms with E-state index in [0.717, 1.165) is 73.5 Å². The van der Waals surface area contributed by atoms with Crippen molar-refractivity contribution in [1.29, 1.82) is 0 Å². The van der Waals surface area contributed by atoms with E-state index in [9.17, 15) is 0 Å². The minimum Gasteiger partial charge on any atom is -0.355 e. The SMILES string of the molecule is CCC1=C(CC)C2(CC)N=C1C=c1ccc([nH]1)=CC1=NC(=CC3(CC)NC(CC)(C(CC)=C3CC)C2CC)C=C1.[Fe]. The Morgan fingerprint density at radius 1 is 0.756 bits per heavy atom. The molecule has 2 N–H and O–H groups in total. The standard InChI is InChI=1S/C36H50N4.Fe/c1-9-28-29(10-2)35(15-7)33(13-5)36(16-8)31(12-4)30(11-3)34(14-6,40-36)23-27-20-19-25(38-27)21-24-17-18-26(37-24)22-32(28)39-35;/h17-23,33,37,40H,9-16H2,1-8H3;. The maximum absolute atomic E-state index is 5.82. The Morgan fingerprint density at radius 3 is 2.00 bits per heavy atom. The molecule has 222 valence electrons. The molecule has 41 heavy (non-hydrogen) atoms. The average molecular weight is 595 g/mol. The second-order valence-electron chi connectivity index (χ2n) is 11.9. The minimum atomic E-state index is -0.225. The Hall–Kier alpha value is -2.20. The van der Waals surface area contributed by atoms with Gasteiger partial charge in [0.15, 0.2) is 0 Å². The third kappa shape index (κ3) is 4.77. The molecule has 4 nitrogen and oxygen atoms in total. The van der Waals surface area contributed by atoms with E-state index in [1.165, 1.54) is 11.3 Å². The van der Waals surface area contributed by atoms with Crippen molar-refractivity contribution in [3.8, 4) is 0 Å². The van der Waals surface area contributed by atoms with Gasteiger partial charge in [-0.1, -0.05) is 55.4 Å². The first-order valence-electron chi connectivity index (χ1n) is 16.1. The van der Waals surface area contributed by atoms with Crippen molar-refractivity contribution in [1.82, 2.24) is 10.3 Å². The molecule has 5 heteroatoms. The fourth-order valence-corrected chi connectivity index (χ4v) is 8.95. The van der Waals surface area contributed by atoms with Crippen LogP contribution in [0.5, 0.6) is 0 Å². The smallest absolute Gasteiger partial charge is 0.0876 e.